The molecular formula is C19H26N4O2. The number of rotatable bonds is 8. The first-order chi connectivity index (χ1) is 12.0. The number of anilines is 1. The van der Waals surface area contributed by atoms with Gasteiger partial charge < -0.3 is 15.0 Å². The van der Waals surface area contributed by atoms with Crippen molar-refractivity contribution in [3.05, 3.63) is 47.4 Å². The van der Waals surface area contributed by atoms with Crippen LogP contribution in [-0.4, -0.2) is 36.6 Å². The number of benzene rings is 1. The smallest absolute Gasteiger partial charge is 0.251 e. The molecule has 1 N–H and O–H groups in total. The molecule has 0 spiro atoms. The molecule has 0 saturated carbocycles. The van der Waals surface area contributed by atoms with Crippen LogP contribution < -0.4 is 15.0 Å². The fourth-order valence-corrected chi connectivity index (χ4v) is 2.22. The highest BCUT2D eigenvalue weighted by Gasteiger charge is 2.08. The van der Waals surface area contributed by atoms with Gasteiger partial charge in [-0.25, -0.2) is 9.97 Å². The monoisotopic (exact) mass is 342 g/mol. The van der Waals surface area contributed by atoms with Crippen LogP contribution in [0, 0.1) is 6.92 Å². The summed E-state index contributed by atoms with van der Waals surface area (Å²) < 4.78 is 5.60. The lowest BCUT2D eigenvalue weighted by Crippen LogP contribution is -2.24. The van der Waals surface area contributed by atoms with E-state index in [1.165, 1.54) is 0 Å². The summed E-state index contributed by atoms with van der Waals surface area (Å²) in [7, 11) is 3.85. The summed E-state index contributed by atoms with van der Waals surface area (Å²) >= 11 is 0. The molecule has 25 heavy (non-hydrogen) atoms. The second-order valence-electron chi connectivity index (χ2n) is 6.09. The van der Waals surface area contributed by atoms with Crippen molar-refractivity contribution in [3.63, 3.8) is 0 Å². The molecule has 6 heteroatoms. The summed E-state index contributed by atoms with van der Waals surface area (Å²) in [4.78, 5) is 23.0. The van der Waals surface area contributed by atoms with Gasteiger partial charge in [0, 0.05) is 31.4 Å². The molecule has 0 radical (unpaired) electrons. The summed E-state index contributed by atoms with van der Waals surface area (Å²) in [6.07, 6.45) is 2.12. The zero-order valence-electron chi connectivity index (χ0n) is 15.4. The predicted octanol–water partition coefficient (Wildman–Crippen LogP) is 2.96. The number of carbonyl (C=O) groups is 1. The molecule has 1 heterocycles. The molecule has 0 saturated heterocycles. The molecule has 0 aliphatic heterocycles. The van der Waals surface area contributed by atoms with Gasteiger partial charge >= 0.3 is 0 Å². The van der Waals surface area contributed by atoms with E-state index in [-0.39, 0.29) is 12.5 Å². The first-order valence-corrected chi connectivity index (χ1v) is 8.52. The zero-order chi connectivity index (χ0) is 18.2. The highest BCUT2D eigenvalue weighted by atomic mass is 16.5. The van der Waals surface area contributed by atoms with Gasteiger partial charge in [0.05, 0.1) is 13.2 Å². The third kappa shape index (κ3) is 5.74. The average molecular weight is 342 g/mol. The Balaban J connectivity index is 1.94. The fraction of sp³-hybridized carbons (Fsp3) is 0.421. The van der Waals surface area contributed by atoms with Gasteiger partial charge in [0.15, 0.2) is 0 Å². The Morgan fingerprint density at radius 2 is 1.92 bits per heavy atom. The Labute approximate surface area is 149 Å². The van der Waals surface area contributed by atoms with Crippen LogP contribution >= 0.6 is 0 Å². The van der Waals surface area contributed by atoms with Gasteiger partial charge in [0.1, 0.15) is 17.4 Å². The molecule has 1 aromatic heterocycles. The third-order valence-electron chi connectivity index (χ3n) is 3.64. The molecule has 0 aliphatic carbocycles. The molecule has 1 aromatic carbocycles. The fourth-order valence-electron chi connectivity index (χ4n) is 2.22. The highest BCUT2D eigenvalue weighted by Crippen LogP contribution is 2.13. The minimum Gasteiger partial charge on any atom is -0.494 e. The highest BCUT2D eigenvalue weighted by molar-refractivity contribution is 5.94. The van der Waals surface area contributed by atoms with Crippen LogP contribution in [-0.2, 0) is 6.54 Å². The van der Waals surface area contributed by atoms with Crippen molar-refractivity contribution in [1.82, 2.24) is 15.3 Å². The van der Waals surface area contributed by atoms with E-state index in [9.17, 15) is 4.79 Å². The number of nitrogens with zero attached hydrogens (tertiary/aromatic N) is 3. The summed E-state index contributed by atoms with van der Waals surface area (Å²) in [6, 6.07) is 9.07. The minimum absolute atomic E-state index is 0.156. The normalized spacial score (nSPS) is 10.4. The van der Waals surface area contributed by atoms with Crippen LogP contribution in [0.5, 0.6) is 5.75 Å². The quantitative estimate of drug-likeness (QED) is 0.747. The number of aryl methyl sites for hydroxylation is 1. The van der Waals surface area contributed by atoms with E-state index < -0.39 is 0 Å². The number of aromatic nitrogens is 2. The zero-order valence-corrected chi connectivity index (χ0v) is 15.4. The predicted molar refractivity (Wildman–Crippen MR) is 99.1 cm³/mol. The number of unbranched alkanes of at least 4 members (excludes halogenated alkanes) is 1. The van der Waals surface area contributed by atoms with Crippen molar-refractivity contribution in [1.29, 1.82) is 0 Å². The van der Waals surface area contributed by atoms with Gasteiger partial charge in [-0.2, -0.15) is 0 Å². The van der Waals surface area contributed by atoms with E-state index in [0.717, 1.165) is 30.1 Å². The van der Waals surface area contributed by atoms with Gasteiger partial charge in [-0.05, 0) is 37.6 Å². The van der Waals surface area contributed by atoms with E-state index in [4.69, 9.17) is 4.74 Å². The lowest BCUT2D eigenvalue weighted by molar-refractivity contribution is 0.0950. The number of hydrogen-bond acceptors (Lipinski definition) is 5. The largest absolute Gasteiger partial charge is 0.494 e. The van der Waals surface area contributed by atoms with Crippen molar-refractivity contribution in [2.24, 2.45) is 0 Å². The first kappa shape index (κ1) is 18.7. The van der Waals surface area contributed by atoms with Crippen molar-refractivity contribution >= 4 is 11.7 Å². The molecule has 1 amide bonds. The van der Waals surface area contributed by atoms with Gasteiger partial charge in [-0.1, -0.05) is 13.3 Å². The second-order valence-corrected chi connectivity index (χ2v) is 6.09. The van der Waals surface area contributed by atoms with E-state index in [1.807, 2.05) is 44.1 Å². The lowest BCUT2D eigenvalue weighted by Gasteiger charge is -2.13. The number of nitrogens with one attached hydrogen (secondary N) is 1. The lowest BCUT2D eigenvalue weighted by atomic mass is 10.2. The summed E-state index contributed by atoms with van der Waals surface area (Å²) in [5.41, 5.74) is 1.46. The Hall–Kier alpha value is -2.63. The van der Waals surface area contributed by atoms with E-state index in [0.29, 0.717) is 18.0 Å². The molecule has 0 atom stereocenters. The number of ether oxygens (including phenoxy) is 1. The topological polar surface area (TPSA) is 67.3 Å². The van der Waals surface area contributed by atoms with Crippen LogP contribution in [0.15, 0.2) is 30.3 Å². The molecule has 0 bridgehead atoms. The Morgan fingerprint density at radius 3 is 2.56 bits per heavy atom. The number of amides is 1. The van der Waals surface area contributed by atoms with Crippen LogP contribution in [0.3, 0.4) is 0 Å². The van der Waals surface area contributed by atoms with E-state index in [2.05, 4.69) is 22.2 Å². The number of hydrogen-bond donors (Lipinski definition) is 1. The molecule has 2 aromatic rings. The van der Waals surface area contributed by atoms with Crippen molar-refractivity contribution in [2.75, 3.05) is 25.6 Å². The Bertz CT molecular complexity index is 699. The van der Waals surface area contributed by atoms with E-state index >= 15 is 0 Å². The maximum Gasteiger partial charge on any atom is 0.251 e. The molecule has 0 unspecified atom stereocenters. The minimum atomic E-state index is -0.156. The van der Waals surface area contributed by atoms with Crippen LogP contribution in [0.1, 0.15) is 41.6 Å². The molecule has 0 fully saturated rings. The van der Waals surface area contributed by atoms with Gasteiger partial charge in [0.25, 0.3) is 5.91 Å². The molecule has 6 nitrogen and oxygen atoms in total. The Morgan fingerprint density at radius 1 is 1.20 bits per heavy atom. The maximum absolute atomic E-state index is 12.3. The van der Waals surface area contributed by atoms with Crippen LogP contribution in [0.4, 0.5) is 5.82 Å². The molecular weight excluding hydrogens is 316 g/mol. The maximum atomic E-state index is 12.3. The summed E-state index contributed by atoms with van der Waals surface area (Å²) in [5, 5.41) is 2.86. The molecule has 134 valence electrons. The molecule has 0 aliphatic rings. The summed E-state index contributed by atoms with van der Waals surface area (Å²) in [5.74, 6) is 2.04. The van der Waals surface area contributed by atoms with Gasteiger partial charge in [-0.15, -0.1) is 0 Å². The second kappa shape index (κ2) is 9.01. The van der Waals surface area contributed by atoms with Crippen molar-refractivity contribution < 1.29 is 9.53 Å². The van der Waals surface area contributed by atoms with Crippen LogP contribution in [0.25, 0.3) is 0 Å². The number of carbonyl (C=O) groups excluding carboxylic acids is 1. The van der Waals surface area contributed by atoms with Gasteiger partial charge in [-0.3, -0.25) is 4.79 Å². The Kier molecular flexibility index (Phi) is 6.74. The third-order valence-corrected chi connectivity index (χ3v) is 3.64. The van der Waals surface area contributed by atoms with Crippen molar-refractivity contribution in [2.45, 2.75) is 33.2 Å². The average Bonchev–Trinajstić information content (AvgIpc) is 2.60. The van der Waals surface area contributed by atoms with Crippen molar-refractivity contribution in [3.8, 4) is 5.75 Å². The first-order valence-electron chi connectivity index (χ1n) is 8.52. The van der Waals surface area contributed by atoms with Crippen LogP contribution in [0.2, 0.25) is 0 Å². The van der Waals surface area contributed by atoms with E-state index in [1.54, 1.807) is 12.1 Å². The summed E-state index contributed by atoms with van der Waals surface area (Å²) in [6.45, 7) is 5.02. The SMILES string of the molecule is CCCCOc1ccc(C(=O)NCc2nc(C)cc(N(C)C)n2)cc1. The standard InChI is InChI=1S/C19H26N4O2/c1-5-6-11-25-16-9-7-15(8-10-16)19(24)20-13-17-21-14(2)12-18(22-17)23(3)4/h7-10,12H,5-6,11,13H2,1-4H3,(H,20,24). The molecule has 2 rings (SSSR count). The van der Waals surface area contributed by atoms with Gasteiger partial charge in [0.2, 0.25) is 0 Å².